The van der Waals surface area contributed by atoms with Crippen LogP contribution in [0.15, 0.2) is 66.7 Å². The second-order valence-corrected chi connectivity index (χ2v) is 12.6. The zero-order valence-electron chi connectivity index (χ0n) is 24.3. The monoisotopic (exact) mass is 621 g/mol. The van der Waals surface area contributed by atoms with Crippen LogP contribution in [0.3, 0.4) is 0 Å². The molecule has 1 saturated heterocycles. The number of H-pyrrole nitrogens is 1. The van der Waals surface area contributed by atoms with Gasteiger partial charge in [0.1, 0.15) is 23.6 Å². The number of hydrogen-bond acceptors (Lipinski definition) is 5. The highest BCUT2D eigenvalue weighted by Crippen LogP contribution is 2.40. The molecule has 0 saturated carbocycles. The molecule has 0 radical (unpaired) electrons. The highest BCUT2D eigenvalue weighted by molar-refractivity contribution is 6.31. The molecule has 7 nitrogen and oxygen atoms in total. The maximum absolute atomic E-state index is 13.6. The zero-order chi connectivity index (χ0) is 29.9. The van der Waals surface area contributed by atoms with Crippen LogP contribution >= 0.6 is 23.2 Å². The molecule has 0 spiro atoms. The fraction of sp³-hybridized carbons (Fsp3) is 0.382. The van der Waals surface area contributed by atoms with E-state index in [2.05, 4.69) is 16.8 Å². The lowest BCUT2D eigenvalue weighted by Gasteiger charge is -2.35. The Kier molecular flexibility index (Phi) is 9.14. The maximum atomic E-state index is 13.6. The summed E-state index contributed by atoms with van der Waals surface area (Å²) in [4.78, 5) is 21.4. The maximum Gasteiger partial charge on any atom is 0.416 e. The third kappa shape index (κ3) is 6.80. The number of aromatic nitrogens is 1. The molecule has 0 bridgehead atoms. The molecule has 4 aromatic rings. The van der Waals surface area contributed by atoms with Gasteiger partial charge in [-0.25, -0.2) is 4.79 Å². The van der Waals surface area contributed by atoms with E-state index in [0.717, 1.165) is 66.8 Å². The lowest BCUT2D eigenvalue weighted by molar-refractivity contribution is 0.0946. The Hall–Kier alpha value is -3.23. The van der Waals surface area contributed by atoms with Crippen LogP contribution in [0.4, 0.5) is 4.79 Å². The van der Waals surface area contributed by atoms with Gasteiger partial charge in [0.15, 0.2) is 0 Å². The Morgan fingerprint density at radius 3 is 2.40 bits per heavy atom. The summed E-state index contributed by atoms with van der Waals surface area (Å²) in [5, 5.41) is 11.6. The van der Waals surface area contributed by atoms with Crippen molar-refractivity contribution in [1.29, 1.82) is 0 Å². The van der Waals surface area contributed by atoms with Gasteiger partial charge in [-0.1, -0.05) is 42.3 Å². The number of nitrogens with zero attached hydrogens (tertiary/aromatic N) is 2. The number of carbonyl (C=O) groups excluding carboxylic acids is 1. The summed E-state index contributed by atoms with van der Waals surface area (Å²) in [6, 6.07) is 20.4. The number of aromatic amines is 1. The second-order valence-electron chi connectivity index (χ2n) is 11.7. The van der Waals surface area contributed by atoms with Crippen LogP contribution in [0.2, 0.25) is 10.0 Å². The SMILES string of the molecule is C[C@H](CO)CCN1CCC(Oc2ccc([C@H]3c4[nH]c5ccc(Cl)cc5c4CCN3C(=O)Oc3ccc(Cl)cc3)cc2)CC1. The molecule has 9 heteroatoms. The number of fused-ring (bicyclic) bond motifs is 3. The van der Waals surface area contributed by atoms with Crippen molar-refractivity contribution in [2.24, 2.45) is 5.92 Å². The van der Waals surface area contributed by atoms with Crippen LogP contribution in [0, 0.1) is 5.92 Å². The highest BCUT2D eigenvalue weighted by atomic mass is 35.5. The number of aliphatic hydroxyl groups excluding tert-OH is 1. The van der Waals surface area contributed by atoms with E-state index >= 15 is 0 Å². The van der Waals surface area contributed by atoms with E-state index < -0.39 is 6.09 Å². The highest BCUT2D eigenvalue weighted by Gasteiger charge is 2.36. The van der Waals surface area contributed by atoms with Gasteiger partial charge < -0.3 is 24.5 Å². The summed E-state index contributed by atoms with van der Waals surface area (Å²) in [5.41, 5.74) is 4.09. The number of likely N-dealkylation sites (tertiary alicyclic amines) is 1. The Balaban J connectivity index is 1.20. The van der Waals surface area contributed by atoms with Crippen molar-refractivity contribution in [2.45, 2.75) is 44.8 Å². The minimum Gasteiger partial charge on any atom is -0.490 e. The van der Waals surface area contributed by atoms with E-state index in [1.807, 2.05) is 42.5 Å². The number of piperidine rings is 1. The topological polar surface area (TPSA) is 78.0 Å². The van der Waals surface area contributed by atoms with Crippen molar-refractivity contribution in [1.82, 2.24) is 14.8 Å². The molecule has 6 rings (SSSR count). The molecular weight excluding hydrogens is 585 g/mol. The summed E-state index contributed by atoms with van der Waals surface area (Å²) in [6.07, 6.45) is 3.39. The largest absolute Gasteiger partial charge is 0.490 e. The Morgan fingerprint density at radius 2 is 1.67 bits per heavy atom. The van der Waals surface area contributed by atoms with Crippen molar-refractivity contribution in [2.75, 3.05) is 32.8 Å². The van der Waals surface area contributed by atoms with Crippen molar-refractivity contribution in [3.05, 3.63) is 93.6 Å². The number of rotatable bonds is 8. The first kappa shape index (κ1) is 29.8. The molecule has 2 aliphatic heterocycles. The van der Waals surface area contributed by atoms with E-state index in [9.17, 15) is 9.90 Å². The first-order valence-corrected chi connectivity index (χ1v) is 15.8. The van der Waals surface area contributed by atoms with Crippen LogP contribution < -0.4 is 9.47 Å². The quantitative estimate of drug-likeness (QED) is 0.213. The molecule has 2 aliphatic rings. The molecule has 0 unspecified atom stereocenters. The van der Waals surface area contributed by atoms with Crippen molar-refractivity contribution < 1.29 is 19.4 Å². The van der Waals surface area contributed by atoms with Crippen LogP contribution in [0.5, 0.6) is 11.5 Å². The van der Waals surface area contributed by atoms with Gasteiger partial charge in [-0.15, -0.1) is 0 Å². The lowest BCUT2D eigenvalue weighted by Crippen LogP contribution is -2.42. The Labute approximate surface area is 262 Å². The van der Waals surface area contributed by atoms with Gasteiger partial charge in [0.25, 0.3) is 0 Å². The molecular formula is C34H37Cl2N3O4. The summed E-state index contributed by atoms with van der Waals surface area (Å²) >= 11 is 12.4. The number of ether oxygens (including phenoxy) is 2. The molecule has 43 heavy (non-hydrogen) atoms. The van der Waals surface area contributed by atoms with Gasteiger partial charge in [-0.2, -0.15) is 0 Å². The molecule has 3 heterocycles. The van der Waals surface area contributed by atoms with E-state index in [-0.39, 0.29) is 18.8 Å². The molecule has 2 N–H and O–H groups in total. The third-order valence-corrected chi connectivity index (χ3v) is 9.11. The number of aliphatic hydroxyl groups is 1. The lowest BCUT2D eigenvalue weighted by atomic mass is 9.92. The predicted molar refractivity (Wildman–Crippen MR) is 170 cm³/mol. The molecule has 2 atom stereocenters. The average Bonchev–Trinajstić information content (AvgIpc) is 3.39. The second kappa shape index (κ2) is 13.2. The number of benzene rings is 3. The van der Waals surface area contributed by atoms with Gasteiger partial charge in [-0.3, -0.25) is 4.90 Å². The van der Waals surface area contributed by atoms with E-state index in [4.69, 9.17) is 32.7 Å². The van der Waals surface area contributed by atoms with Crippen LogP contribution in [-0.4, -0.2) is 64.9 Å². The normalized spacial score (nSPS) is 18.4. The first-order chi connectivity index (χ1) is 20.9. The van der Waals surface area contributed by atoms with Crippen LogP contribution in [0.1, 0.15) is 49.0 Å². The van der Waals surface area contributed by atoms with Crippen molar-refractivity contribution in [3.8, 4) is 11.5 Å². The first-order valence-electron chi connectivity index (χ1n) is 15.0. The fourth-order valence-corrected chi connectivity index (χ4v) is 6.43. The van der Waals surface area contributed by atoms with Gasteiger partial charge in [0.05, 0.1) is 0 Å². The average molecular weight is 623 g/mol. The number of nitrogens with one attached hydrogen (secondary N) is 1. The minimum absolute atomic E-state index is 0.169. The molecule has 3 aromatic carbocycles. The number of halogens is 2. The third-order valence-electron chi connectivity index (χ3n) is 8.63. The number of carbonyl (C=O) groups is 1. The molecule has 226 valence electrons. The van der Waals surface area contributed by atoms with Crippen molar-refractivity contribution >= 4 is 40.2 Å². The molecule has 1 amide bonds. The summed E-state index contributed by atoms with van der Waals surface area (Å²) in [5.74, 6) is 1.61. The van der Waals surface area contributed by atoms with E-state index in [1.165, 1.54) is 5.56 Å². The van der Waals surface area contributed by atoms with Gasteiger partial charge in [-0.05, 0) is 104 Å². The standard InChI is InChI=1S/C34H37Cl2N3O4/c1-22(21-40)12-16-38-17-13-28(14-18-38)42-26-7-2-23(3-8-26)33-32-29(30-20-25(36)6-11-31(30)37-32)15-19-39(33)34(41)43-27-9-4-24(35)5-10-27/h2-11,20,22,28,33,37,40H,12-19,21H2,1H3/t22-,33-/m0/s1. The summed E-state index contributed by atoms with van der Waals surface area (Å²) < 4.78 is 12.2. The van der Waals surface area contributed by atoms with Gasteiger partial charge in [0.2, 0.25) is 0 Å². The molecule has 0 aliphatic carbocycles. The smallest absolute Gasteiger partial charge is 0.416 e. The summed E-state index contributed by atoms with van der Waals surface area (Å²) in [6.45, 7) is 5.85. The molecule has 1 fully saturated rings. The van der Waals surface area contributed by atoms with Crippen LogP contribution in [-0.2, 0) is 6.42 Å². The predicted octanol–water partition coefficient (Wildman–Crippen LogP) is 7.48. The van der Waals surface area contributed by atoms with E-state index in [1.54, 1.807) is 29.2 Å². The van der Waals surface area contributed by atoms with Gasteiger partial charge >= 0.3 is 6.09 Å². The van der Waals surface area contributed by atoms with Gasteiger partial charge in [0, 0.05) is 52.9 Å². The number of amides is 1. The minimum atomic E-state index is -0.421. The number of hydrogen-bond donors (Lipinski definition) is 2. The Bertz CT molecular complexity index is 1550. The summed E-state index contributed by atoms with van der Waals surface area (Å²) in [7, 11) is 0. The van der Waals surface area contributed by atoms with E-state index in [0.29, 0.717) is 34.7 Å². The zero-order valence-corrected chi connectivity index (χ0v) is 25.8. The van der Waals surface area contributed by atoms with Crippen LogP contribution in [0.25, 0.3) is 10.9 Å². The molecule has 1 aromatic heterocycles. The fourth-order valence-electron chi connectivity index (χ4n) is 6.13. The van der Waals surface area contributed by atoms with Crippen molar-refractivity contribution in [3.63, 3.8) is 0 Å². The Morgan fingerprint density at radius 1 is 0.977 bits per heavy atom.